The highest BCUT2D eigenvalue weighted by atomic mass is 79.9. The lowest BCUT2D eigenvalue weighted by Gasteiger charge is -2.09. The number of nitrogens with zero attached hydrogens (tertiary/aromatic N) is 1. The predicted molar refractivity (Wildman–Crippen MR) is 85.0 cm³/mol. The first-order valence-corrected chi connectivity index (χ1v) is 7.44. The molecule has 1 N–H and O–H groups in total. The molecule has 0 spiro atoms. The maximum Gasteiger partial charge on any atom is 0.142 e. The first-order chi connectivity index (χ1) is 9.78. The van der Waals surface area contributed by atoms with Crippen molar-refractivity contribution in [2.45, 2.75) is 13.3 Å². The normalized spacial score (nSPS) is 10.9. The fourth-order valence-corrected chi connectivity index (χ4v) is 2.47. The summed E-state index contributed by atoms with van der Waals surface area (Å²) in [5, 5.41) is 0. The molecule has 4 heteroatoms. The van der Waals surface area contributed by atoms with Crippen LogP contribution < -0.4 is 4.74 Å². The second-order valence-electron chi connectivity index (χ2n) is 4.59. The first-order valence-electron chi connectivity index (χ1n) is 6.65. The molecule has 102 valence electrons. The molecule has 0 aliphatic rings. The van der Waals surface area contributed by atoms with Gasteiger partial charge in [0.1, 0.15) is 11.6 Å². The quantitative estimate of drug-likeness (QED) is 0.747. The average molecular weight is 331 g/mol. The molecule has 3 nitrogen and oxygen atoms in total. The Morgan fingerprint density at radius 3 is 2.85 bits per heavy atom. The van der Waals surface area contributed by atoms with Gasteiger partial charge in [-0.2, -0.15) is 0 Å². The summed E-state index contributed by atoms with van der Waals surface area (Å²) in [6.45, 7) is 2.80. The molecule has 1 heterocycles. The van der Waals surface area contributed by atoms with Crippen LogP contribution >= 0.6 is 15.9 Å². The van der Waals surface area contributed by atoms with Gasteiger partial charge in [0.25, 0.3) is 0 Å². The number of fused-ring (bicyclic) bond motifs is 1. The molecule has 0 saturated heterocycles. The van der Waals surface area contributed by atoms with E-state index in [4.69, 9.17) is 4.74 Å². The molecule has 0 aliphatic carbocycles. The summed E-state index contributed by atoms with van der Waals surface area (Å²) in [7, 11) is 0. The fourth-order valence-electron chi connectivity index (χ4n) is 2.11. The van der Waals surface area contributed by atoms with Crippen molar-refractivity contribution < 1.29 is 4.74 Å². The number of H-pyrrole nitrogens is 1. The number of para-hydroxylation sites is 2. The molecule has 0 saturated carbocycles. The van der Waals surface area contributed by atoms with Gasteiger partial charge in [-0.05, 0) is 36.8 Å². The SMILES string of the molecule is CCCOc1ccc(Br)cc1-c1nc2ccccc2[nH]1. The lowest BCUT2D eigenvalue weighted by molar-refractivity contribution is 0.318. The number of imidazole rings is 1. The van der Waals surface area contributed by atoms with Crippen molar-refractivity contribution in [3.05, 3.63) is 46.9 Å². The molecule has 0 bridgehead atoms. The highest BCUT2D eigenvalue weighted by Gasteiger charge is 2.11. The van der Waals surface area contributed by atoms with Crippen LogP contribution in [0.4, 0.5) is 0 Å². The summed E-state index contributed by atoms with van der Waals surface area (Å²) in [6, 6.07) is 14.0. The van der Waals surface area contributed by atoms with E-state index in [1.165, 1.54) is 0 Å². The number of ether oxygens (including phenoxy) is 1. The van der Waals surface area contributed by atoms with Crippen LogP contribution in [0.1, 0.15) is 13.3 Å². The molecule has 3 rings (SSSR count). The molecule has 0 fully saturated rings. The maximum absolute atomic E-state index is 5.81. The third kappa shape index (κ3) is 2.56. The van der Waals surface area contributed by atoms with Gasteiger partial charge < -0.3 is 9.72 Å². The molecule has 0 unspecified atom stereocenters. The minimum atomic E-state index is 0.703. The molecule has 0 aliphatic heterocycles. The number of halogens is 1. The van der Waals surface area contributed by atoms with Crippen molar-refractivity contribution in [1.29, 1.82) is 0 Å². The Labute approximate surface area is 126 Å². The topological polar surface area (TPSA) is 37.9 Å². The molecule has 2 aromatic carbocycles. The number of nitrogens with one attached hydrogen (secondary N) is 1. The van der Waals surface area contributed by atoms with E-state index in [9.17, 15) is 0 Å². The molecule has 1 aromatic heterocycles. The Morgan fingerprint density at radius 2 is 2.05 bits per heavy atom. The molecular weight excluding hydrogens is 316 g/mol. The Balaban J connectivity index is 2.09. The lowest BCUT2D eigenvalue weighted by atomic mass is 10.2. The van der Waals surface area contributed by atoms with Gasteiger partial charge >= 0.3 is 0 Å². The second kappa shape index (κ2) is 5.67. The highest BCUT2D eigenvalue weighted by molar-refractivity contribution is 9.10. The highest BCUT2D eigenvalue weighted by Crippen LogP contribution is 2.32. The van der Waals surface area contributed by atoms with Gasteiger partial charge in [0.15, 0.2) is 0 Å². The summed E-state index contributed by atoms with van der Waals surface area (Å²) in [5.41, 5.74) is 2.97. The fraction of sp³-hybridized carbons (Fsp3) is 0.188. The van der Waals surface area contributed by atoms with E-state index in [1.54, 1.807) is 0 Å². The number of hydrogen-bond acceptors (Lipinski definition) is 2. The molecule has 3 aromatic rings. The summed E-state index contributed by atoms with van der Waals surface area (Å²) < 4.78 is 6.82. The Kier molecular flexibility index (Phi) is 3.74. The smallest absolute Gasteiger partial charge is 0.142 e. The molecule has 0 amide bonds. The Bertz CT molecular complexity index is 703. The second-order valence-corrected chi connectivity index (χ2v) is 5.51. The summed E-state index contributed by atoms with van der Waals surface area (Å²) in [4.78, 5) is 7.98. The summed E-state index contributed by atoms with van der Waals surface area (Å²) >= 11 is 3.51. The van der Waals surface area contributed by atoms with Crippen LogP contribution in [-0.4, -0.2) is 16.6 Å². The van der Waals surface area contributed by atoms with E-state index in [0.29, 0.717) is 6.61 Å². The van der Waals surface area contributed by atoms with Crippen molar-refractivity contribution in [3.8, 4) is 17.1 Å². The van der Waals surface area contributed by atoms with Gasteiger partial charge in [-0.3, -0.25) is 0 Å². The number of aromatic amines is 1. The molecule has 0 radical (unpaired) electrons. The average Bonchev–Trinajstić information content (AvgIpc) is 2.89. The van der Waals surface area contributed by atoms with Crippen molar-refractivity contribution in [3.63, 3.8) is 0 Å². The van der Waals surface area contributed by atoms with Gasteiger partial charge in [-0.1, -0.05) is 35.0 Å². The third-order valence-electron chi connectivity index (χ3n) is 3.05. The van der Waals surface area contributed by atoms with Crippen LogP contribution in [0.2, 0.25) is 0 Å². The zero-order valence-corrected chi connectivity index (χ0v) is 12.8. The van der Waals surface area contributed by atoms with Crippen molar-refractivity contribution in [1.82, 2.24) is 9.97 Å². The number of benzene rings is 2. The van der Waals surface area contributed by atoms with E-state index in [1.807, 2.05) is 42.5 Å². The van der Waals surface area contributed by atoms with Crippen LogP contribution in [0.25, 0.3) is 22.4 Å². The first kappa shape index (κ1) is 13.2. The monoisotopic (exact) mass is 330 g/mol. The molecular formula is C16H15BrN2O. The minimum Gasteiger partial charge on any atom is -0.493 e. The van der Waals surface area contributed by atoms with Crippen LogP contribution in [-0.2, 0) is 0 Å². The van der Waals surface area contributed by atoms with Crippen LogP contribution in [0, 0.1) is 0 Å². The summed E-state index contributed by atoms with van der Waals surface area (Å²) in [6.07, 6.45) is 0.982. The standard InChI is InChI=1S/C16H15BrN2O/c1-2-9-20-15-8-7-11(17)10-12(15)16-18-13-5-3-4-6-14(13)19-16/h3-8,10H,2,9H2,1H3,(H,18,19). The number of aromatic nitrogens is 2. The van der Waals surface area contributed by atoms with Crippen LogP contribution in [0.3, 0.4) is 0 Å². The number of rotatable bonds is 4. The zero-order valence-electron chi connectivity index (χ0n) is 11.2. The molecule has 20 heavy (non-hydrogen) atoms. The van der Waals surface area contributed by atoms with E-state index >= 15 is 0 Å². The molecule has 0 atom stereocenters. The lowest BCUT2D eigenvalue weighted by Crippen LogP contribution is -1.97. The van der Waals surface area contributed by atoms with Gasteiger partial charge in [-0.25, -0.2) is 4.98 Å². The zero-order chi connectivity index (χ0) is 13.9. The Morgan fingerprint density at radius 1 is 1.20 bits per heavy atom. The van der Waals surface area contributed by atoms with E-state index in [0.717, 1.165) is 39.1 Å². The van der Waals surface area contributed by atoms with Gasteiger partial charge in [0.05, 0.1) is 23.2 Å². The van der Waals surface area contributed by atoms with Crippen molar-refractivity contribution in [2.24, 2.45) is 0 Å². The van der Waals surface area contributed by atoms with Crippen LogP contribution in [0.15, 0.2) is 46.9 Å². The predicted octanol–water partition coefficient (Wildman–Crippen LogP) is 4.78. The Hall–Kier alpha value is -1.81. The minimum absolute atomic E-state index is 0.703. The summed E-state index contributed by atoms with van der Waals surface area (Å²) in [5.74, 6) is 1.69. The van der Waals surface area contributed by atoms with E-state index in [-0.39, 0.29) is 0 Å². The van der Waals surface area contributed by atoms with Crippen molar-refractivity contribution in [2.75, 3.05) is 6.61 Å². The van der Waals surface area contributed by atoms with Gasteiger partial charge in [0, 0.05) is 4.47 Å². The van der Waals surface area contributed by atoms with Gasteiger partial charge in [0.2, 0.25) is 0 Å². The van der Waals surface area contributed by atoms with Gasteiger partial charge in [-0.15, -0.1) is 0 Å². The third-order valence-corrected chi connectivity index (χ3v) is 3.54. The van der Waals surface area contributed by atoms with E-state index in [2.05, 4.69) is 32.8 Å². The van der Waals surface area contributed by atoms with E-state index < -0.39 is 0 Å². The van der Waals surface area contributed by atoms with Crippen LogP contribution in [0.5, 0.6) is 5.75 Å². The largest absolute Gasteiger partial charge is 0.493 e. The maximum atomic E-state index is 5.81. The van der Waals surface area contributed by atoms with Crippen molar-refractivity contribution >= 4 is 27.0 Å². The number of hydrogen-bond donors (Lipinski definition) is 1.